The molecule has 2 rings (SSSR count). The quantitative estimate of drug-likeness (QED) is 0.802. The molecule has 17 heavy (non-hydrogen) atoms. The molecule has 1 heterocycles. The van der Waals surface area contributed by atoms with Gasteiger partial charge in [-0.3, -0.25) is 4.79 Å². The van der Waals surface area contributed by atoms with Gasteiger partial charge in [0, 0.05) is 0 Å². The van der Waals surface area contributed by atoms with Crippen LogP contribution in [0.1, 0.15) is 16.6 Å². The van der Waals surface area contributed by atoms with E-state index in [2.05, 4.69) is 0 Å². The van der Waals surface area contributed by atoms with Gasteiger partial charge in [0.15, 0.2) is 0 Å². The molecule has 88 valence electrons. The molecule has 0 saturated carbocycles. The van der Waals surface area contributed by atoms with Crippen LogP contribution in [0.4, 0.5) is 0 Å². The molecule has 0 bridgehead atoms. The molecule has 0 fully saturated rings. The molecule has 0 unspecified atom stereocenters. The first-order valence-electron chi connectivity index (χ1n) is 5.09. The standard InChI is InChI=1S/C12H10O3S2/c1-2-15-11(13)10-9(16-12(14)17-10)8-6-4-3-5-7-8/h3-7H,2H2,1H3. The summed E-state index contributed by atoms with van der Waals surface area (Å²) in [7, 11) is 0. The minimum atomic E-state index is -0.422. The van der Waals surface area contributed by atoms with Crippen molar-refractivity contribution in [1.29, 1.82) is 0 Å². The van der Waals surface area contributed by atoms with Crippen LogP contribution in [0.2, 0.25) is 0 Å². The van der Waals surface area contributed by atoms with Gasteiger partial charge in [0.25, 0.3) is 4.06 Å². The molecule has 0 N–H and O–H groups in total. The first kappa shape index (κ1) is 12.0. The zero-order valence-electron chi connectivity index (χ0n) is 9.14. The Kier molecular flexibility index (Phi) is 3.71. The summed E-state index contributed by atoms with van der Waals surface area (Å²) in [6.45, 7) is 2.05. The summed E-state index contributed by atoms with van der Waals surface area (Å²) in [5.41, 5.74) is 0.874. The highest BCUT2D eigenvalue weighted by molar-refractivity contribution is 7.30. The fourth-order valence-corrected chi connectivity index (χ4v) is 3.42. The number of carbonyl (C=O) groups is 1. The van der Waals surface area contributed by atoms with Crippen molar-refractivity contribution in [3.05, 3.63) is 44.1 Å². The van der Waals surface area contributed by atoms with Crippen molar-refractivity contribution in [3.63, 3.8) is 0 Å². The van der Waals surface area contributed by atoms with Crippen molar-refractivity contribution >= 4 is 28.6 Å². The maximum absolute atomic E-state index is 11.7. The number of benzene rings is 1. The Labute approximate surface area is 106 Å². The Balaban J connectivity index is 2.48. The summed E-state index contributed by atoms with van der Waals surface area (Å²) in [6.07, 6.45) is 0. The van der Waals surface area contributed by atoms with E-state index in [9.17, 15) is 9.59 Å². The van der Waals surface area contributed by atoms with Gasteiger partial charge in [-0.15, -0.1) is 0 Å². The van der Waals surface area contributed by atoms with Crippen molar-refractivity contribution in [3.8, 4) is 10.4 Å². The third-order valence-corrected chi connectivity index (χ3v) is 4.26. The number of hydrogen-bond acceptors (Lipinski definition) is 5. The van der Waals surface area contributed by atoms with Crippen molar-refractivity contribution in [2.45, 2.75) is 6.92 Å². The molecule has 2 aromatic rings. The summed E-state index contributed by atoms with van der Waals surface area (Å²) < 4.78 is 4.85. The zero-order chi connectivity index (χ0) is 12.3. The van der Waals surface area contributed by atoms with Crippen LogP contribution in [0.5, 0.6) is 0 Å². The summed E-state index contributed by atoms with van der Waals surface area (Å²) in [5.74, 6) is -0.422. The molecule has 1 aromatic heterocycles. The predicted molar refractivity (Wildman–Crippen MR) is 69.9 cm³/mol. The lowest BCUT2D eigenvalue weighted by molar-refractivity contribution is 0.0533. The van der Waals surface area contributed by atoms with E-state index in [1.54, 1.807) is 6.92 Å². The van der Waals surface area contributed by atoms with E-state index in [0.717, 1.165) is 28.2 Å². The highest BCUT2D eigenvalue weighted by Crippen LogP contribution is 2.29. The van der Waals surface area contributed by atoms with E-state index < -0.39 is 5.97 Å². The highest BCUT2D eigenvalue weighted by Gasteiger charge is 2.18. The highest BCUT2D eigenvalue weighted by atomic mass is 32.2. The lowest BCUT2D eigenvalue weighted by Crippen LogP contribution is -2.03. The van der Waals surface area contributed by atoms with Crippen LogP contribution in [-0.2, 0) is 4.74 Å². The van der Waals surface area contributed by atoms with E-state index in [0.29, 0.717) is 16.4 Å². The number of esters is 1. The maximum Gasteiger partial charge on any atom is 0.349 e. The molecule has 0 saturated heterocycles. The van der Waals surface area contributed by atoms with Gasteiger partial charge in [0.1, 0.15) is 4.88 Å². The molecule has 5 heteroatoms. The Morgan fingerprint density at radius 3 is 2.59 bits per heavy atom. The van der Waals surface area contributed by atoms with Gasteiger partial charge in [0.05, 0.1) is 11.5 Å². The van der Waals surface area contributed by atoms with Crippen molar-refractivity contribution in [2.75, 3.05) is 6.61 Å². The molecular formula is C12H10O3S2. The molecule has 0 aliphatic heterocycles. The summed E-state index contributed by atoms with van der Waals surface area (Å²) in [4.78, 5) is 24.2. The van der Waals surface area contributed by atoms with Crippen LogP contribution >= 0.6 is 22.7 Å². The first-order valence-corrected chi connectivity index (χ1v) is 6.72. The average molecular weight is 266 g/mol. The largest absolute Gasteiger partial charge is 0.462 e. The van der Waals surface area contributed by atoms with E-state index in [4.69, 9.17) is 4.74 Å². The van der Waals surface area contributed by atoms with Crippen molar-refractivity contribution in [1.82, 2.24) is 0 Å². The van der Waals surface area contributed by atoms with E-state index in [-0.39, 0.29) is 4.06 Å². The normalized spacial score (nSPS) is 10.2. The molecule has 3 nitrogen and oxygen atoms in total. The van der Waals surface area contributed by atoms with Crippen molar-refractivity contribution in [2.24, 2.45) is 0 Å². The average Bonchev–Trinajstić information content (AvgIpc) is 2.73. The van der Waals surface area contributed by atoms with Crippen LogP contribution in [0.15, 0.2) is 35.1 Å². The molecule has 0 spiro atoms. The minimum absolute atomic E-state index is 0.0908. The molecule has 0 radical (unpaired) electrons. The minimum Gasteiger partial charge on any atom is -0.462 e. The molecule has 0 atom stereocenters. The van der Waals surface area contributed by atoms with Crippen LogP contribution in [-0.4, -0.2) is 12.6 Å². The van der Waals surface area contributed by atoms with Gasteiger partial charge in [-0.25, -0.2) is 4.79 Å². The third-order valence-electron chi connectivity index (χ3n) is 2.07. The zero-order valence-corrected chi connectivity index (χ0v) is 10.8. The van der Waals surface area contributed by atoms with Crippen LogP contribution in [0.3, 0.4) is 0 Å². The smallest absolute Gasteiger partial charge is 0.349 e. The summed E-state index contributed by atoms with van der Waals surface area (Å²) >= 11 is 2.03. The molecular weight excluding hydrogens is 256 g/mol. The number of rotatable bonds is 3. The molecule has 0 amide bonds. The molecule has 1 aromatic carbocycles. The number of hydrogen-bond donors (Lipinski definition) is 0. The van der Waals surface area contributed by atoms with Gasteiger partial charge in [0.2, 0.25) is 0 Å². The number of carbonyl (C=O) groups excluding carboxylic acids is 1. The summed E-state index contributed by atoms with van der Waals surface area (Å²) in [5, 5.41) is 0. The van der Waals surface area contributed by atoms with Gasteiger partial charge in [-0.05, 0) is 12.5 Å². The van der Waals surface area contributed by atoms with Gasteiger partial charge >= 0.3 is 5.97 Å². The lowest BCUT2D eigenvalue weighted by Gasteiger charge is -2.02. The van der Waals surface area contributed by atoms with E-state index >= 15 is 0 Å². The monoisotopic (exact) mass is 266 g/mol. The van der Waals surface area contributed by atoms with Gasteiger partial charge < -0.3 is 4.74 Å². The predicted octanol–water partition coefficient (Wildman–Crippen LogP) is 3.01. The summed E-state index contributed by atoms with van der Waals surface area (Å²) in [6, 6.07) is 9.39. The first-order chi connectivity index (χ1) is 8.22. The third kappa shape index (κ3) is 2.62. The van der Waals surface area contributed by atoms with E-state index in [1.165, 1.54) is 0 Å². The van der Waals surface area contributed by atoms with Gasteiger partial charge in [-0.1, -0.05) is 53.0 Å². The maximum atomic E-state index is 11.7. The fourth-order valence-electron chi connectivity index (χ4n) is 1.39. The van der Waals surface area contributed by atoms with E-state index in [1.807, 2.05) is 30.3 Å². The fraction of sp³-hybridized carbons (Fsp3) is 0.167. The lowest BCUT2D eigenvalue weighted by atomic mass is 10.2. The Bertz CT molecular complexity index is 569. The number of ether oxygens (including phenoxy) is 1. The van der Waals surface area contributed by atoms with Crippen LogP contribution in [0, 0.1) is 0 Å². The second-order valence-corrected chi connectivity index (χ2v) is 5.42. The molecule has 0 aliphatic carbocycles. The second-order valence-electron chi connectivity index (χ2n) is 3.20. The second kappa shape index (κ2) is 5.25. The Morgan fingerprint density at radius 1 is 1.24 bits per heavy atom. The van der Waals surface area contributed by atoms with Crippen LogP contribution in [0.25, 0.3) is 10.4 Å². The Morgan fingerprint density at radius 2 is 1.94 bits per heavy atom. The topological polar surface area (TPSA) is 43.4 Å². The molecule has 0 aliphatic rings. The van der Waals surface area contributed by atoms with Gasteiger partial charge in [-0.2, -0.15) is 0 Å². The SMILES string of the molecule is CCOC(=O)c1sc(=O)sc1-c1ccccc1. The Hall–Kier alpha value is -1.46. The van der Waals surface area contributed by atoms with Crippen molar-refractivity contribution < 1.29 is 9.53 Å². The van der Waals surface area contributed by atoms with Crippen LogP contribution < -0.4 is 4.06 Å².